The molecule has 1 aromatic carbocycles. The lowest BCUT2D eigenvalue weighted by Crippen LogP contribution is -2.46. The molecule has 2 fully saturated rings. The Morgan fingerprint density at radius 1 is 1.25 bits per heavy atom. The number of nitrogens with zero attached hydrogens (tertiary/aromatic N) is 1. The molecule has 7 nitrogen and oxygen atoms in total. The van der Waals surface area contributed by atoms with Gasteiger partial charge in [0.05, 0.1) is 17.5 Å². The Hall–Kier alpha value is -1.35. The first-order valence-electron chi connectivity index (χ1n) is 9.75. The number of sulfonamides is 1. The summed E-state index contributed by atoms with van der Waals surface area (Å²) in [6.45, 7) is 4.79. The van der Waals surface area contributed by atoms with E-state index in [0.717, 1.165) is 32.2 Å². The summed E-state index contributed by atoms with van der Waals surface area (Å²) in [6.07, 6.45) is 3.62. The van der Waals surface area contributed by atoms with Gasteiger partial charge in [0.2, 0.25) is 15.9 Å². The van der Waals surface area contributed by atoms with Crippen molar-refractivity contribution in [2.24, 2.45) is 5.92 Å². The quantitative estimate of drug-likeness (QED) is 0.687. The normalized spacial score (nSPS) is 23.0. The first kappa shape index (κ1) is 22.9. The van der Waals surface area contributed by atoms with E-state index in [-0.39, 0.29) is 35.2 Å². The molecule has 0 aliphatic carbocycles. The largest absolute Gasteiger partial charge is 0.494 e. The molecule has 1 amide bonds. The van der Waals surface area contributed by atoms with Crippen molar-refractivity contribution in [2.75, 3.05) is 32.8 Å². The van der Waals surface area contributed by atoms with E-state index in [1.165, 1.54) is 4.31 Å². The number of benzene rings is 1. The van der Waals surface area contributed by atoms with Crippen molar-refractivity contribution in [2.45, 2.75) is 43.5 Å². The average Bonchev–Trinajstić information content (AvgIpc) is 3.22. The molecule has 3 rings (SSSR count). The molecule has 2 aliphatic heterocycles. The van der Waals surface area contributed by atoms with Crippen molar-refractivity contribution < 1.29 is 17.9 Å². The minimum Gasteiger partial charge on any atom is -0.494 e. The van der Waals surface area contributed by atoms with Crippen LogP contribution in [0.4, 0.5) is 0 Å². The number of ether oxygens (including phenoxy) is 1. The SMILES string of the molecule is CCOc1ccc(S(=O)(=O)N2CCCC(CNC(=O)C3CCCN3)C2)cc1.Cl. The van der Waals surface area contributed by atoms with Crippen LogP contribution in [0.1, 0.15) is 32.6 Å². The number of carbonyl (C=O) groups excluding carboxylic acids is 1. The summed E-state index contributed by atoms with van der Waals surface area (Å²) >= 11 is 0. The minimum atomic E-state index is -3.53. The van der Waals surface area contributed by atoms with Gasteiger partial charge in [-0.25, -0.2) is 8.42 Å². The van der Waals surface area contributed by atoms with Gasteiger partial charge in [-0.1, -0.05) is 0 Å². The molecule has 2 heterocycles. The standard InChI is InChI=1S/C19H29N3O4S.ClH/c1-2-26-16-7-9-17(10-8-16)27(24,25)22-12-4-5-15(14-22)13-21-19(23)18-6-3-11-20-18;/h7-10,15,18,20H,2-6,11-14H2,1H3,(H,21,23);1H. The van der Waals surface area contributed by atoms with Gasteiger partial charge in [0.15, 0.2) is 0 Å². The highest BCUT2D eigenvalue weighted by atomic mass is 35.5. The number of nitrogens with one attached hydrogen (secondary N) is 2. The van der Waals surface area contributed by atoms with Gasteiger partial charge >= 0.3 is 0 Å². The summed E-state index contributed by atoms with van der Waals surface area (Å²) in [5.41, 5.74) is 0. The fourth-order valence-electron chi connectivity index (χ4n) is 3.71. The predicted octanol–water partition coefficient (Wildman–Crippen LogP) is 1.78. The van der Waals surface area contributed by atoms with Gasteiger partial charge in [-0.3, -0.25) is 4.79 Å². The monoisotopic (exact) mass is 431 g/mol. The summed E-state index contributed by atoms with van der Waals surface area (Å²) < 4.78 is 32.8. The van der Waals surface area contributed by atoms with Crippen LogP contribution in [0.25, 0.3) is 0 Å². The van der Waals surface area contributed by atoms with Crippen LogP contribution in [0.5, 0.6) is 5.75 Å². The lowest BCUT2D eigenvalue weighted by molar-refractivity contribution is -0.123. The van der Waals surface area contributed by atoms with E-state index in [2.05, 4.69) is 10.6 Å². The average molecular weight is 432 g/mol. The number of hydrogen-bond donors (Lipinski definition) is 2. The number of hydrogen-bond acceptors (Lipinski definition) is 5. The zero-order valence-electron chi connectivity index (χ0n) is 16.2. The van der Waals surface area contributed by atoms with Gasteiger partial charge in [0.1, 0.15) is 5.75 Å². The van der Waals surface area contributed by atoms with E-state index < -0.39 is 10.0 Å². The van der Waals surface area contributed by atoms with E-state index in [4.69, 9.17) is 4.74 Å². The molecule has 2 aliphatic rings. The van der Waals surface area contributed by atoms with Crippen molar-refractivity contribution in [3.63, 3.8) is 0 Å². The molecule has 28 heavy (non-hydrogen) atoms. The van der Waals surface area contributed by atoms with Crippen LogP contribution >= 0.6 is 12.4 Å². The first-order chi connectivity index (χ1) is 13.0. The fraction of sp³-hybridized carbons (Fsp3) is 0.632. The molecule has 0 radical (unpaired) electrons. The number of piperidine rings is 1. The zero-order chi connectivity index (χ0) is 19.3. The second-order valence-electron chi connectivity index (χ2n) is 7.17. The molecule has 9 heteroatoms. The van der Waals surface area contributed by atoms with E-state index >= 15 is 0 Å². The van der Waals surface area contributed by atoms with Gasteiger partial charge in [-0.15, -0.1) is 12.4 Å². The van der Waals surface area contributed by atoms with Crippen molar-refractivity contribution in [3.05, 3.63) is 24.3 Å². The summed E-state index contributed by atoms with van der Waals surface area (Å²) in [4.78, 5) is 12.4. The fourth-order valence-corrected chi connectivity index (χ4v) is 5.27. The molecule has 158 valence electrons. The maximum atomic E-state index is 12.9. The molecule has 0 saturated carbocycles. The van der Waals surface area contributed by atoms with E-state index in [1.807, 2.05) is 6.92 Å². The van der Waals surface area contributed by atoms with Crippen LogP contribution in [-0.2, 0) is 14.8 Å². The lowest BCUT2D eigenvalue weighted by atomic mass is 9.99. The molecule has 2 N–H and O–H groups in total. The zero-order valence-corrected chi connectivity index (χ0v) is 17.9. The maximum Gasteiger partial charge on any atom is 0.243 e. The third-order valence-corrected chi connectivity index (χ3v) is 7.08. The molecular formula is C19H30ClN3O4S. The van der Waals surface area contributed by atoms with Crippen molar-refractivity contribution in [1.29, 1.82) is 0 Å². The topological polar surface area (TPSA) is 87.7 Å². The Labute approximate surface area is 173 Å². The van der Waals surface area contributed by atoms with Gasteiger partial charge in [-0.2, -0.15) is 4.31 Å². The Balaban J connectivity index is 0.00000280. The highest BCUT2D eigenvalue weighted by molar-refractivity contribution is 7.89. The van der Waals surface area contributed by atoms with Crippen molar-refractivity contribution in [1.82, 2.24) is 14.9 Å². The van der Waals surface area contributed by atoms with Gasteiger partial charge in [0, 0.05) is 19.6 Å². The maximum absolute atomic E-state index is 12.9. The molecule has 2 unspecified atom stereocenters. The molecule has 0 spiro atoms. The molecule has 0 bridgehead atoms. The van der Waals surface area contributed by atoms with E-state index in [9.17, 15) is 13.2 Å². The van der Waals surface area contributed by atoms with Gasteiger partial charge in [0.25, 0.3) is 0 Å². The highest BCUT2D eigenvalue weighted by Gasteiger charge is 2.31. The Morgan fingerprint density at radius 2 is 2.00 bits per heavy atom. The molecule has 2 atom stereocenters. The van der Waals surface area contributed by atoms with Gasteiger partial charge in [-0.05, 0) is 69.3 Å². The number of amides is 1. The number of rotatable bonds is 7. The minimum absolute atomic E-state index is 0. The number of halogens is 1. The van der Waals surface area contributed by atoms with Crippen LogP contribution in [0.15, 0.2) is 29.2 Å². The smallest absolute Gasteiger partial charge is 0.243 e. The van der Waals surface area contributed by atoms with Crippen LogP contribution in [0, 0.1) is 5.92 Å². The predicted molar refractivity (Wildman–Crippen MR) is 110 cm³/mol. The molecule has 0 aromatic heterocycles. The lowest BCUT2D eigenvalue weighted by Gasteiger charge is -2.32. The second-order valence-corrected chi connectivity index (χ2v) is 9.11. The van der Waals surface area contributed by atoms with Crippen molar-refractivity contribution >= 4 is 28.3 Å². The third-order valence-electron chi connectivity index (χ3n) is 5.20. The summed E-state index contributed by atoms with van der Waals surface area (Å²) in [6, 6.07) is 6.46. The van der Waals surface area contributed by atoms with Crippen molar-refractivity contribution in [3.8, 4) is 5.75 Å². The molecule has 1 aromatic rings. The van der Waals surface area contributed by atoms with Crippen LogP contribution in [-0.4, -0.2) is 57.5 Å². The molecular weight excluding hydrogens is 402 g/mol. The third kappa shape index (κ3) is 5.59. The highest BCUT2D eigenvalue weighted by Crippen LogP contribution is 2.25. The van der Waals surface area contributed by atoms with Crippen LogP contribution in [0.3, 0.4) is 0 Å². The van der Waals surface area contributed by atoms with E-state index in [0.29, 0.717) is 32.0 Å². The first-order valence-corrected chi connectivity index (χ1v) is 11.2. The Morgan fingerprint density at radius 3 is 2.64 bits per heavy atom. The van der Waals surface area contributed by atoms with Gasteiger partial charge < -0.3 is 15.4 Å². The Kier molecular flexibility index (Phi) is 8.55. The summed E-state index contributed by atoms with van der Waals surface area (Å²) in [5, 5.41) is 6.17. The van der Waals surface area contributed by atoms with Crippen LogP contribution < -0.4 is 15.4 Å². The molecule has 2 saturated heterocycles. The van der Waals surface area contributed by atoms with E-state index in [1.54, 1.807) is 24.3 Å². The summed E-state index contributed by atoms with van der Waals surface area (Å²) in [5.74, 6) is 0.830. The summed E-state index contributed by atoms with van der Waals surface area (Å²) in [7, 11) is -3.53. The van der Waals surface area contributed by atoms with Crippen LogP contribution in [0.2, 0.25) is 0 Å². The number of carbonyl (C=O) groups is 1. The second kappa shape index (κ2) is 10.4. The Bertz CT molecular complexity index is 736.